The minimum Gasteiger partial charge on any atom is -0.494 e. The lowest BCUT2D eigenvalue weighted by atomic mass is 10.1. The Hall–Kier alpha value is -2.36. The maximum absolute atomic E-state index is 5.39. The molecule has 4 heteroatoms. The molecule has 4 rings (SSSR count). The Morgan fingerprint density at radius 1 is 1.24 bits per heavy atom. The molecule has 0 aliphatic carbocycles. The zero-order valence-electron chi connectivity index (χ0n) is 9.21. The number of benzene rings is 1. The third-order valence-corrected chi connectivity index (χ3v) is 3.18. The molecule has 3 aromatic heterocycles. The molecule has 0 amide bonds. The van der Waals surface area contributed by atoms with Gasteiger partial charge in [-0.05, 0) is 23.6 Å². The van der Waals surface area contributed by atoms with Crippen LogP contribution in [0.5, 0.6) is 5.75 Å². The SMILES string of the molecule is COc1cc2ccnc3ccn4cnc1c4c23. The molecular weight excluding hydrogens is 214 g/mol. The minimum atomic E-state index is 0.804. The second-order valence-electron chi connectivity index (χ2n) is 4.04. The Labute approximate surface area is 96.8 Å². The van der Waals surface area contributed by atoms with Crippen molar-refractivity contribution in [2.45, 2.75) is 0 Å². The van der Waals surface area contributed by atoms with Gasteiger partial charge in [-0.25, -0.2) is 4.98 Å². The van der Waals surface area contributed by atoms with E-state index in [1.54, 1.807) is 13.4 Å². The highest BCUT2D eigenvalue weighted by Crippen LogP contribution is 2.34. The summed E-state index contributed by atoms with van der Waals surface area (Å²) in [6.07, 6.45) is 5.60. The first-order chi connectivity index (χ1) is 8.38. The third-order valence-electron chi connectivity index (χ3n) is 3.18. The van der Waals surface area contributed by atoms with Gasteiger partial charge in [-0.3, -0.25) is 4.98 Å². The number of aromatic nitrogens is 3. The van der Waals surface area contributed by atoms with E-state index < -0.39 is 0 Å². The topological polar surface area (TPSA) is 39.4 Å². The van der Waals surface area contributed by atoms with Crippen molar-refractivity contribution in [3.63, 3.8) is 0 Å². The van der Waals surface area contributed by atoms with Crippen LogP contribution < -0.4 is 4.74 Å². The smallest absolute Gasteiger partial charge is 0.147 e. The summed E-state index contributed by atoms with van der Waals surface area (Å²) in [4.78, 5) is 8.79. The van der Waals surface area contributed by atoms with Crippen LogP contribution in [0.1, 0.15) is 0 Å². The number of pyridine rings is 2. The van der Waals surface area contributed by atoms with E-state index in [9.17, 15) is 0 Å². The first-order valence-electron chi connectivity index (χ1n) is 5.39. The van der Waals surface area contributed by atoms with Crippen molar-refractivity contribution in [2.24, 2.45) is 0 Å². The van der Waals surface area contributed by atoms with E-state index in [2.05, 4.69) is 9.97 Å². The van der Waals surface area contributed by atoms with Gasteiger partial charge in [0.1, 0.15) is 17.6 Å². The lowest BCUT2D eigenvalue weighted by molar-refractivity contribution is 0.419. The summed E-state index contributed by atoms with van der Waals surface area (Å²) < 4.78 is 7.40. The Balaban J connectivity index is 2.43. The molecule has 0 aliphatic heterocycles. The summed E-state index contributed by atoms with van der Waals surface area (Å²) in [6, 6.07) is 6.01. The van der Waals surface area contributed by atoms with Gasteiger partial charge in [0, 0.05) is 17.8 Å². The number of hydrogen-bond donors (Lipinski definition) is 0. The molecular formula is C13H9N3O. The van der Waals surface area contributed by atoms with Crippen LogP contribution in [-0.4, -0.2) is 21.5 Å². The van der Waals surface area contributed by atoms with Crippen molar-refractivity contribution >= 4 is 27.3 Å². The van der Waals surface area contributed by atoms with Crippen LogP contribution in [0.2, 0.25) is 0 Å². The molecule has 0 bridgehead atoms. The Kier molecular flexibility index (Phi) is 1.47. The highest BCUT2D eigenvalue weighted by atomic mass is 16.5. The zero-order chi connectivity index (χ0) is 11.4. The molecule has 0 saturated carbocycles. The maximum Gasteiger partial charge on any atom is 0.147 e. The van der Waals surface area contributed by atoms with Crippen LogP contribution in [0, 0.1) is 0 Å². The summed E-state index contributed by atoms with van der Waals surface area (Å²) >= 11 is 0. The first-order valence-corrected chi connectivity index (χ1v) is 5.39. The van der Waals surface area contributed by atoms with Crippen molar-refractivity contribution in [2.75, 3.05) is 7.11 Å². The molecule has 0 spiro atoms. The average molecular weight is 223 g/mol. The number of imidazole rings is 1. The van der Waals surface area contributed by atoms with Gasteiger partial charge in [0.25, 0.3) is 0 Å². The van der Waals surface area contributed by atoms with Crippen LogP contribution in [-0.2, 0) is 0 Å². The molecule has 82 valence electrons. The molecule has 4 nitrogen and oxygen atoms in total. The van der Waals surface area contributed by atoms with Gasteiger partial charge in [-0.2, -0.15) is 0 Å². The van der Waals surface area contributed by atoms with E-state index in [0.29, 0.717) is 0 Å². The number of nitrogens with zero attached hydrogens (tertiary/aromatic N) is 3. The molecule has 4 aromatic rings. The van der Waals surface area contributed by atoms with E-state index in [0.717, 1.165) is 33.1 Å². The molecule has 0 unspecified atom stereocenters. The monoisotopic (exact) mass is 223 g/mol. The second-order valence-corrected chi connectivity index (χ2v) is 4.04. The van der Waals surface area contributed by atoms with Gasteiger partial charge in [0.2, 0.25) is 0 Å². The molecule has 0 fully saturated rings. The Morgan fingerprint density at radius 3 is 3.06 bits per heavy atom. The molecule has 3 heterocycles. The normalized spacial score (nSPS) is 11.8. The molecule has 0 radical (unpaired) electrons. The van der Waals surface area contributed by atoms with Crippen LogP contribution >= 0.6 is 0 Å². The number of hydrogen-bond acceptors (Lipinski definition) is 3. The molecule has 0 aliphatic rings. The highest BCUT2D eigenvalue weighted by molar-refractivity contribution is 6.14. The van der Waals surface area contributed by atoms with E-state index in [4.69, 9.17) is 4.74 Å². The van der Waals surface area contributed by atoms with Crippen molar-refractivity contribution < 1.29 is 4.74 Å². The van der Waals surface area contributed by atoms with Crippen LogP contribution in [0.3, 0.4) is 0 Å². The third kappa shape index (κ3) is 0.970. The Morgan fingerprint density at radius 2 is 2.18 bits per heavy atom. The molecule has 1 aromatic carbocycles. The summed E-state index contributed by atoms with van der Waals surface area (Å²) in [7, 11) is 1.67. The van der Waals surface area contributed by atoms with E-state index in [1.165, 1.54) is 0 Å². The predicted octanol–water partition coefficient (Wildman–Crippen LogP) is 2.48. The van der Waals surface area contributed by atoms with E-state index >= 15 is 0 Å². The van der Waals surface area contributed by atoms with Crippen LogP contribution in [0.25, 0.3) is 27.3 Å². The Bertz CT molecular complexity index is 834. The standard InChI is InChI=1S/C13H9N3O/c1-17-10-6-8-2-4-14-9-3-5-16-7-15-12(10)13(16)11(8)9/h2-7H,1H3. The van der Waals surface area contributed by atoms with Gasteiger partial charge in [-0.15, -0.1) is 0 Å². The van der Waals surface area contributed by atoms with Gasteiger partial charge in [-0.1, -0.05) is 0 Å². The summed E-state index contributed by atoms with van der Waals surface area (Å²) in [5.74, 6) is 0.804. The van der Waals surface area contributed by atoms with E-state index in [1.807, 2.05) is 35.0 Å². The predicted molar refractivity (Wildman–Crippen MR) is 65.7 cm³/mol. The van der Waals surface area contributed by atoms with Crippen molar-refractivity contribution in [1.82, 2.24) is 14.4 Å². The van der Waals surface area contributed by atoms with Crippen molar-refractivity contribution in [3.05, 3.63) is 36.9 Å². The minimum absolute atomic E-state index is 0.804. The number of methoxy groups -OCH3 is 1. The first kappa shape index (κ1) is 8.75. The quantitative estimate of drug-likeness (QED) is 0.497. The number of rotatable bonds is 1. The fraction of sp³-hybridized carbons (Fsp3) is 0.0769. The second kappa shape index (κ2) is 2.85. The molecule has 17 heavy (non-hydrogen) atoms. The average Bonchev–Trinajstić information content (AvgIpc) is 2.81. The maximum atomic E-state index is 5.39. The molecule has 0 N–H and O–H groups in total. The zero-order valence-corrected chi connectivity index (χ0v) is 9.21. The molecule has 0 atom stereocenters. The van der Waals surface area contributed by atoms with Gasteiger partial charge >= 0.3 is 0 Å². The fourth-order valence-corrected chi connectivity index (χ4v) is 2.42. The van der Waals surface area contributed by atoms with E-state index in [-0.39, 0.29) is 0 Å². The van der Waals surface area contributed by atoms with Crippen LogP contribution in [0.4, 0.5) is 0 Å². The fourth-order valence-electron chi connectivity index (χ4n) is 2.42. The summed E-state index contributed by atoms with van der Waals surface area (Å²) in [5.41, 5.74) is 2.95. The van der Waals surface area contributed by atoms with Gasteiger partial charge in [0.15, 0.2) is 0 Å². The number of ether oxygens (including phenoxy) is 1. The van der Waals surface area contributed by atoms with Gasteiger partial charge in [0.05, 0.1) is 18.1 Å². The van der Waals surface area contributed by atoms with Crippen molar-refractivity contribution in [3.8, 4) is 5.75 Å². The lowest BCUT2D eigenvalue weighted by Gasteiger charge is -2.08. The summed E-state index contributed by atoms with van der Waals surface area (Å²) in [6.45, 7) is 0. The molecule has 0 saturated heterocycles. The largest absolute Gasteiger partial charge is 0.494 e. The lowest BCUT2D eigenvalue weighted by Crippen LogP contribution is -1.91. The van der Waals surface area contributed by atoms with Crippen LogP contribution in [0.15, 0.2) is 36.9 Å². The highest BCUT2D eigenvalue weighted by Gasteiger charge is 2.14. The van der Waals surface area contributed by atoms with Crippen molar-refractivity contribution in [1.29, 1.82) is 0 Å². The summed E-state index contributed by atoms with van der Waals surface area (Å²) in [5, 5.41) is 2.27. The van der Waals surface area contributed by atoms with Gasteiger partial charge < -0.3 is 9.14 Å².